The SMILES string of the molecule is C=CCN1C(=O)N[C@@H](c2ccc(C(F)(F)F)cc2)C2=C1CN(CCc1ccccc1)C2=O. The van der Waals surface area contributed by atoms with Crippen molar-refractivity contribution < 1.29 is 22.8 Å². The van der Waals surface area contributed by atoms with Crippen LogP contribution in [0.1, 0.15) is 22.7 Å². The van der Waals surface area contributed by atoms with E-state index in [4.69, 9.17) is 0 Å². The van der Waals surface area contributed by atoms with Crippen molar-refractivity contribution in [1.29, 1.82) is 0 Å². The number of nitrogens with zero attached hydrogens (tertiary/aromatic N) is 2. The predicted octanol–water partition coefficient (Wildman–Crippen LogP) is 4.30. The van der Waals surface area contributed by atoms with Gasteiger partial charge in [-0.1, -0.05) is 48.5 Å². The van der Waals surface area contributed by atoms with Gasteiger partial charge in [-0.25, -0.2) is 4.79 Å². The minimum Gasteiger partial charge on any atom is -0.333 e. The standard InChI is InChI=1S/C24H22F3N3O2/c1-2-13-30-19-15-29(14-12-16-6-4-3-5-7-16)22(31)20(19)21(28-23(30)32)17-8-10-18(11-9-17)24(25,26)27/h2-11,21H,1,12-15H2,(H,28,32)/t21-/m0/s1. The summed E-state index contributed by atoms with van der Waals surface area (Å²) in [4.78, 5) is 29.2. The van der Waals surface area contributed by atoms with Gasteiger partial charge in [-0.05, 0) is 29.7 Å². The zero-order valence-corrected chi connectivity index (χ0v) is 17.2. The van der Waals surface area contributed by atoms with Crippen molar-refractivity contribution in [3.05, 3.63) is 95.2 Å². The van der Waals surface area contributed by atoms with Crippen LogP contribution in [0.15, 0.2) is 78.5 Å². The molecule has 166 valence electrons. The molecular weight excluding hydrogens is 419 g/mol. The molecule has 1 atom stereocenters. The average molecular weight is 441 g/mol. The number of alkyl halides is 3. The second-order valence-electron chi connectivity index (χ2n) is 7.72. The van der Waals surface area contributed by atoms with Gasteiger partial charge in [0.15, 0.2) is 0 Å². The van der Waals surface area contributed by atoms with Gasteiger partial charge in [-0.15, -0.1) is 6.58 Å². The highest BCUT2D eigenvalue weighted by Gasteiger charge is 2.43. The predicted molar refractivity (Wildman–Crippen MR) is 113 cm³/mol. The molecule has 0 fully saturated rings. The van der Waals surface area contributed by atoms with Gasteiger partial charge in [0.05, 0.1) is 29.4 Å². The van der Waals surface area contributed by atoms with Gasteiger partial charge in [0, 0.05) is 13.1 Å². The Bertz CT molecular complexity index is 1060. The fourth-order valence-corrected chi connectivity index (χ4v) is 4.07. The summed E-state index contributed by atoms with van der Waals surface area (Å²) < 4.78 is 38.9. The van der Waals surface area contributed by atoms with E-state index < -0.39 is 23.8 Å². The van der Waals surface area contributed by atoms with E-state index in [0.29, 0.717) is 29.8 Å². The molecule has 0 aromatic heterocycles. The van der Waals surface area contributed by atoms with Crippen LogP contribution in [0, 0.1) is 0 Å². The first-order valence-corrected chi connectivity index (χ1v) is 10.2. The summed E-state index contributed by atoms with van der Waals surface area (Å²) in [6, 6.07) is 13.1. The van der Waals surface area contributed by atoms with Gasteiger partial charge in [0.25, 0.3) is 5.91 Å². The first kappa shape index (κ1) is 21.7. The molecule has 2 aliphatic heterocycles. The van der Waals surface area contributed by atoms with Crippen LogP contribution < -0.4 is 5.32 Å². The Kier molecular flexibility index (Phi) is 5.78. The van der Waals surface area contributed by atoms with Crippen LogP contribution in [0.4, 0.5) is 18.0 Å². The zero-order valence-electron chi connectivity index (χ0n) is 17.2. The highest BCUT2D eigenvalue weighted by atomic mass is 19.4. The average Bonchev–Trinajstić information content (AvgIpc) is 3.10. The number of nitrogens with one attached hydrogen (secondary N) is 1. The molecule has 2 aromatic carbocycles. The third-order valence-corrected chi connectivity index (χ3v) is 5.69. The van der Waals surface area contributed by atoms with Gasteiger partial charge in [-0.2, -0.15) is 13.2 Å². The molecule has 2 heterocycles. The smallest absolute Gasteiger partial charge is 0.333 e. The van der Waals surface area contributed by atoms with Crippen molar-refractivity contribution in [2.24, 2.45) is 0 Å². The maximum absolute atomic E-state index is 13.3. The molecule has 32 heavy (non-hydrogen) atoms. The van der Waals surface area contributed by atoms with E-state index in [-0.39, 0.29) is 19.0 Å². The Morgan fingerprint density at radius 1 is 1.06 bits per heavy atom. The van der Waals surface area contributed by atoms with E-state index in [1.54, 1.807) is 11.0 Å². The molecule has 0 unspecified atom stereocenters. The summed E-state index contributed by atoms with van der Waals surface area (Å²) in [5.41, 5.74) is 1.68. The highest BCUT2D eigenvalue weighted by molar-refractivity contribution is 6.01. The highest BCUT2D eigenvalue weighted by Crippen LogP contribution is 2.37. The van der Waals surface area contributed by atoms with E-state index in [1.165, 1.54) is 17.0 Å². The first-order valence-electron chi connectivity index (χ1n) is 10.2. The lowest BCUT2D eigenvalue weighted by Gasteiger charge is -2.33. The Morgan fingerprint density at radius 2 is 1.75 bits per heavy atom. The summed E-state index contributed by atoms with van der Waals surface area (Å²) >= 11 is 0. The molecule has 0 saturated carbocycles. The number of halogens is 3. The topological polar surface area (TPSA) is 52.7 Å². The van der Waals surface area contributed by atoms with Gasteiger partial charge < -0.3 is 10.2 Å². The van der Waals surface area contributed by atoms with Gasteiger partial charge >= 0.3 is 12.2 Å². The monoisotopic (exact) mass is 441 g/mol. The molecule has 0 bridgehead atoms. The van der Waals surface area contributed by atoms with Crippen LogP contribution in [0.3, 0.4) is 0 Å². The number of benzene rings is 2. The van der Waals surface area contributed by atoms with E-state index >= 15 is 0 Å². The number of hydrogen-bond donors (Lipinski definition) is 1. The normalized spacial score (nSPS) is 18.7. The third-order valence-electron chi connectivity index (χ3n) is 5.69. The van der Waals surface area contributed by atoms with Crippen molar-refractivity contribution in [3.63, 3.8) is 0 Å². The Morgan fingerprint density at radius 3 is 2.38 bits per heavy atom. The van der Waals surface area contributed by atoms with Crippen LogP contribution in [0.25, 0.3) is 0 Å². The number of urea groups is 1. The van der Waals surface area contributed by atoms with E-state index in [2.05, 4.69) is 11.9 Å². The summed E-state index contributed by atoms with van der Waals surface area (Å²) in [5, 5.41) is 2.77. The van der Waals surface area contributed by atoms with Gasteiger partial charge in [-0.3, -0.25) is 9.69 Å². The molecule has 4 rings (SSSR count). The second kappa shape index (κ2) is 8.53. The fourth-order valence-electron chi connectivity index (χ4n) is 4.07. The molecule has 0 saturated heterocycles. The molecule has 1 N–H and O–H groups in total. The molecule has 3 amide bonds. The van der Waals surface area contributed by atoms with E-state index in [0.717, 1.165) is 17.7 Å². The van der Waals surface area contributed by atoms with Crippen molar-refractivity contribution in [2.45, 2.75) is 18.6 Å². The molecule has 0 aliphatic carbocycles. The minimum absolute atomic E-state index is 0.226. The Labute approximate surface area is 183 Å². The zero-order chi connectivity index (χ0) is 22.9. The molecule has 0 radical (unpaired) electrons. The van der Waals surface area contributed by atoms with Crippen LogP contribution in [0.2, 0.25) is 0 Å². The lowest BCUT2D eigenvalue weighted by Crippen LogP contribution is -2.47. The molecule has 2 aromatic rings. The third kappa shape index (κ3) is 4.12. The summed E-state index contributed by atoms with van der Waals surface area (Å²) in [6.45, 7) is 4.63. The number of hydrogen-bond acceptors (Lipinski definition) is 2. The van der Waals surface area contributed by atoms with Crippen molar-refractivity contribution in [2.75, 3.05) is 19.6 Å². The van der Waals surface area contributed by atoms with E-state index in [9.17, 15) is 22.8 Å². The second-order valence-corrected chi connectivity index (χ2v) is 7.72. The Balaban J connectivity index is 1.63. The number of carbonyl (C=O) groups is 2. The minimum atomic E-state index is -4.46. The molecule has 8 heteroatoms. The van der Waals surface area contributed by atoms with Crippen molar-refractivity contribution in [1.82, 2.24) is 15.1 Å². The van der Waals surface area contributed by atoms with Crippen LogP contribution >= 0.6 is 0 Å². The van der Waals surface area contributed by atoms with Crippen LogP contribution in [-0.4, -0.2) is 41.4 Å². The van der Waals surface area contributed by atoms with Gasteiger partial charge in [0.1, 0.15) is 0 Å². The van der Waals surface area contributed by atoms with Crippen LogP contribution in [0.5, 0.6) is 0 Å². The number of carbonyl (C=O) groups excluding carboxylic acids is 2. The summed E-state index contributed by atoms with van der Waals surface area (Å²) in [6.07, 6.45) is -2.24. The quantitative estimate of drug-likeness (QED) is 0.680. The summed E-state index contributed by atoms with van der Waals surface area (Å²) in [7, 11) is 0. The van der Waals surface area contributed by atoms with Crippen LogP contribution in [-0.2, 0) is 17.4 Å². The maximum Gasteiger partial charge on any atom is 0.416 e. The number of rotatable bonds is 6. The van der Waals surface area contributed by atoms with Crippen molar-refractivity contribution in [3.8, 4) is 0 Å². The molecule has 5 nitrogen and oxygen atoms in total. The molecule has 0 spiro atoms. The van der Waals surface area contributed by atoms with Crippen molar-refractivity contribution >= 4 is 11.9 Å². The maximum atomic E-state index is 13.3. The summed E-state index contributed by atoms with van der Waals surface area (Å²) in [5.74, 6) is -0.227. The fraction of sp³-hybridized carbons (Fsp3) is 0.250. The molecular formula is C24H22F3N3O2. The Hall–Kier alpha value is -3.55. The van der Waals surface area contributed by atoms with E-state index in [1.807, 2.05) is 30.3 Å². The first-order chi connectivity index (χ1) is 15.3. The lowest BCUT2D eigenvalue weighted by atomic mass is 9.94. The largest absolute Gasteiger partial charge is 0.416 e. The van der Waals surface area contributed by atoms with Gasteiger partial charge in [0.2, 0.25) is 0 Å². The number of amides is 3. The molecule has 2 aliphatic rings. The lowest BCUT2D eigenvalue weighted by molar-refractivity contribution is -0.137.